The van der Waals surface area contributed by atoms with E-state index in [2.05, 4.69) is 6.08 Å². The van der Waals surface area contributed by atoms with Gasteiger partial charge < -0.3 is 0 Å². The summed E-state index contributed by atoms with van der Waals surface area (Å²) in [5, 5.41) is 0. The Labute approximate surface area is 68.7 Å². The van der Waals surface area contributed by atoms with E-state index in [0.717, 1.165) is 17.8 Å². The predicted molar refractivity (Wildman–Crippen MR) is 46.3 cm³/mol. The summed E-state index contributed by atoms with van der Waals surface area (Å²) in [6, 6.07) is 0. The minimum absolute atomic E-state index is 1.07. The van der Waals surface area contributed by atoms with Gasteiger partial charge in [0.15, 0.2) is 0 Å². The molecule has 0 bridgehead atoms. The van der Waals surface area contributed by atoms with Gasteiger partial charge in [-0.25, -0.2) is 0 Å². The number of fused-ring (bicyclic) bond motifs is 3. The molecule has 0 saturated heterocycles. The topological polar surface area (TPSA) is 0 Å². The van der Waals surface area contributed by atoms with Crippen molar-refractivity contribution in [1.82, 2.24) is 0 Å². The van der Waals surface area contributed by atoms with E-state index in [4.69, 9.17) is 0 Å². The summed E-state index contributed by atoms with van der Waals surface area (Å²) in [6.07, 6.45) is 11.5. The lowest BCUT2D eigenvalue weighted by atomic mass is 9.89. The maximum atomic E-state index is 2.53. The van der Waals surface area contributed by atoms with Crippen LogP contribution in [0.1, 0.15) is 38.5 Å². The minimum atomic E-state index is 1.07. The summed E-state index contributed by atoms with van der Waals surface area (Å²) < 4.78 is 0. The predicted octanol–water partition coefficient (Wildman–Crippen LogP) is 3.14. The van der Waals surface area contributed by atoms with E-state index in [1.165, 1.54) is 25.7 Å². The summed E-state index contributed by atoms with van der Waals surface area (Å²) in [4.78, 5) is 0. The van der Waals surface area contributed by atoms with Crippen LogP contribution in [0.3, 0.4) is 0 Å². The van der Waals surface area contributed by atoms with Gasteiger partial charge in [-0.05, 0) is 43.4 Å². The largest absolute Gasteiger partial charge is 0.0850 e. The molecule has 0 heteroatoms. The van der Waals surface area contributed by atoms with E-state index in [-0.39, 0.29) is 0 Å². The Kier molecular flexibility index (Phi) is 1.21. The molecule has 3 unspecified atom stereocenters. The van der Waals surface area contributed by atoms with Crippen molar-refractivity contribution in [2.75, 3.05) is 0 Å². The molecule has 0 radical (unpaired) electrons. The van der Waals surface area contributed by atoms with Crippen LogP contribution in [-0.2, 0) is 0 Å². The van der Waals surface area contributed by atoms with Crippen LogP contribution in [0, 0.1) is 17.8 Å². The fraction of sp³-hybridized carbons (Fsp3) is 0.818. The first-order valence-corrected chi connectivity index (χ1v) is 5.14. The van der Waals surface area contributed by atoms with Crippen molar-refractivity contribution in [2.45, 2.75) is 38.5 Å². The Bertz CT molecular complexity index is 202. The Morgan fingerprint density at radius 2 is 2.18 bits per heavy atom. The molecule has 3 rings (SSSR count). The monoisotopic (exact) mass is 148 g/mol. The van der Waals surface area contributed by atoms with E-state index < -0.39 is 0 Å². The Morgan fingerprint density at radius 3 is 3.18 bits per heavy atom. The lowest BCUT2D eigenvalue weighted by Gasteiger charge is -2.15. The average molecular weight is 148 g/mol. The van der Waals surface area contributed by atoms with Gasteiger partial charge in [0.25, 0.3) is 0 Å². The number of hydrogen-bond acceptors (Lipinski definition) is 0. The highest BCUT2D eigenvalue weighted by Gasteiger charge is 2.43. The molecule has 2 saturated carbocycles. The summed E-state index contributed by atoms with van der Waals surface area (Å²) in [6.45, 7) is 0. The van der Waals surface area contributed by atoms with Crippen LogP contribution in [0.25, 0.3) is 0 Å². The first-order valence-electron chi connectivity index (χ1n) is 5.14. The zero-order valence-corrected chi connectivity index (χ0v) is 7.05. The molecular formula is C11H16. The van der Waals surface area contributed by atoms with Crippen LogP contribution in [-0.4, -0.2) is 0 Å². The molecule has 2 fully saturated rings. The summed E-state index contributed by atoms with van der Waals surface area (Å²) in [7, 11) is 0. The first-order chi connectivity index (χ1) is 5.45. The molecule has 3 atom stereocenters. The number of rotatable bonds is 0. The number of allylic oxidation sites excluding steroid dienone is 2. The molecular weight excluding hydrogens is 132 g/mol. The van der Waals surface area contributed by atoms with Crippen LogP contribution < -0.4 is 0 Å². The molecule has 3 aliphatic rings. The second kappa shape index (κ2) is 2.12. The lowest BCUT2D eigenvalue weighted by Crippen LogP contribution is -2.08. The SMILES string of the molecule is C1=C2CC2C2CCCC2CC1. The van der Waals surface area contributed by atoms with Crippen molar-refractivity contribution in [3.05, 3.63) is 11.6 Å². The molecule has 60 valence electrons. The molecule has 3 aliphatic carbocycles. The summed E-state index contributed by atoms with van der Waals surface area (Å²) in [5.74, 6) is 3.32. The summed E-state index contributed by atoms with van der Waals surface area (Å²) in [5.41, 5.74) is 1.82. The Hall–Kier alpha value is -0.260. The van der Waals surface area contributed by atoms with Crippen molar-refractivity contribution < 1.29 is 0 Å². The van der Waals surface area contributed by atoms with Crippen LogP contribution in [0.2, 0.25) is 0 Å². The molecule has 0 aromatic rings. The summed E-state index contributed by atoms with van der Waals surface area (Å²) >= 11 is 0. The third kappa shape index (κ3) is 0.881. The van der Waals surface area contributed by atoms with Gasteiger partial charge in [-0.3, -0.25) is 0 Å². The highest BCUT2D eigenvalue weighted by molar-refractivity contribution is 5.26. The highest BCUT2D eigenvalue weighted by Crippen LogP contribution is 2.55. The number of hydrogen-bond donors (Lipinski definition) is 0. The fourth-order valence-corrected chi connectivity index (χ4v) is 3.29. The standard InChI is InChI=1S/C11H16/c1-3-8-4-2-6-10(8)11-7-9(11)5-1/h5,8,10-11H,1-4,6-7H2. The van der Waals surface area contributed by atoms with Crippen LogP contribution in [0.4, 0.5) is 0 Å². The molecule has 0 aromatic carbocycles. The van der Waals surface area contributed by atoms with Crippen molar-refractivity contribution in [3.63, 3.8) is 0 Å². The molecule has 0 nitrogen and oxygen atoms in total. The average Bonchev–Trinajstić information content (AvgIpc) is 2.65. The maximum Gasteiger partial charge on any atom is -0.0135 e. The third-order valence-electron chi connectivity index (χ3n) is 3.95. The maximum absolute atomic E-state index is 2.53. The van der Waals surface area contributed by atoms with Crippen LogP contribution in [0.5, 0.6) is 0 Å². The molecule has 0 heterocycles. The third-order valence-corrected chi connectivity index (χ3v) is 3.95. The van der Waals surface area contributed by atoms with E-state index in [9.17, 15) is 0 Å². The van der Waals surface area contributed by atoms with E-state index in [1.54, 1.807) is 12.8 Å². The fourth-order valence-electron chi connectivity index (χ4n) is 3.29. The molecule has 0 spiro atoms. The molecule has 0 aliphatic heterocycles. The van der Waals surface area contributed by atoms with Crippen molar-refractivity contribution in [1.29, 1.82) is 0 Å². The molecule has 0 amide bonds. The van der Waals surface area contributed by atoms with Gasteiger partial charge in [-0.15, -0.1) is 0 Å². The molecule has 0 aromatic heterocycles. The van der Waals surface area contributed by atoms with Crippen LogP contribution in [0.15, 0.2) is 11.6 Å². The van der Waals surface area contributed by atoms with Gasteiger partial charge in [-0.2, -0.15) is 0 Å². The molecule has 0 N–H and O–H groups in total. The quantitative estimate of drug-likeness (QED) is 0.463. The van der Waals surface area contributed by atoms with Crippen LogP contribution >= 0.6 is 0 Å². The first kappa shape index (κ1) is 6.28. The zero-order chi connectivity index (χ0) is 7.26. The Morgan fingerprint density at radius 1 is 1.18 bits per heavy atom. The van der Waals surface area contributed by atoms with Gasteiger partial charge in [0.05, 0.1) is 0 Å². The van der Waals surface area contributed by atoms with Crippen molar-refractivity contribution in [3.8, 4) is 0 Å². The minimum Gasteiger partial charge on any atom is -0.0850 e. The van der Waals surface area contributed by atoms with Gasteiger partial charge in [-0.1, -0.05) is 24.5 Å². The van der Waals surface area contributed by atoms with E-state index >= 15 is 0 Å². The van der Waals surface area contributed by atoms with Gasteiger partial charge >= 0.3 is 0 Å². The van der Waals surface area contributed by atoms with Crippen molar-refractivity contribution >= 4 is 0 Å². The van der Waals surface area contributed by atoms with Gasteiger partial charge in [0, 0.05) is 0 Å². The van der Waals surface area contributed by atoms with Gasteiger partial charge in [0.1, 0.15) is 0 Å². The normalized spacial score (nSPS) is 47.3. The second-order valence-corrected chi connectivity index (χ2v) is 4.52. The second-order valence-electron chi connectivity index (χ2n) is 4.52. The smallest absolute Gasteiger partial charge is 0.0135 e. The lowest BCUT2D eigenvalue weighted by molar-refractivity contribution is 0.342. The van der Waals surface area contributed by atoms with Crippen molar-refractivity contribution in [2.24, 2.45) is 17.8 Å². The Balaban J connectivity index is 1.87. The van der Waals surface area contributed by atoms with Gasteiger partial charge in [0.2, 0.25) is 0 Å². The molecule has 11 heavy (non-hydrogen) atoms. The highest BCUT2D eigenvalue weighted by atomic mass is 14.5. The van der Waals surface area contributed by atoms with E-state index in [1.807, 2.05) is 5.57 Å². The van der Waals surface area contributed by atoms with E-state index in [0.29, 0.717) is 0 Å². The zero-order valence-electron chi connectivity index (χ0n) is 7.05.